The smallest absolute Gasteiger partial charge is 0.212 e. The van der Waals surface area contributed by atoms with Crippen LogP contribution in [0.25, 0.3) is 0 Å². The monoisotopic (exact) mass is 552 g/mol. The van der Waals surface area contributed by atoms with Crippen LogP contribution in [-0.2, 0) is 5.16 Å². The number of benzene rings is 4. The molecule has 206 valence electrons. The van der Waals surface area contributed by atoms with Crippen molar-refractivity contribution in [1.29, 1.82) is 0 Å². The lowest BCUT2D eigenvalue weighted by Crippen LogP contribution is -2.43. The third-order valence-corrected chi connectivity index (χ3v) is 12.3. The molecule has 2 saturated carbocycles. The van der Waals surface area contributed by atoms with E-state index in [2.05, 4.69) is 137 Å². The minimum Gasteiger partial charge on any atom is -0.327 e. The van der Waals surface area contributed by atoms with Gasteiger partial charge in [0.1, 0.15) is 0 Å². The first-order chi connectivity index (χ1) is 20.3. The minimum atomic E-state index is -0.470. The van der Waals surface area contributed by atoms with Crippen molar-refractivity contribution >= 4 is 27.2 Å². The molecular weight excluding hydrogens is 511 g/mol. The number of rotatable bonds is 8. The van der Waals surface area contributed by atoms with Crippen LogP contribution in [0.3, 0.4) is 0 Å². The molecule has 1 aromatic heterocycles. The molecule has 2 nitrogen and oxygen atoms in total. The molecule has 7 rings (SSSR count). The third kappa shape index (κ3) is 6.49. The molecule has 0 radical (unpaired) electrons. The molecular formula is C37H41BN2Si. The summed E-state index contributed by atoms with van der Waals surface area (Å²) in [6, 6.07) is 44.0. The summed E-state index contributed by atoms with van der Waals surface area (Å²) in [4.78, 5) is 4.42. The maximum atomic E-state index is 4.42. The second-order valence-electron chi connectivity index (χ2n) is 11.9. The quantitative estimate of drug-likeness (QED) is 0.189. The molecule has 0 saturated heterocycles. The SMILES string of the molecule is c1ccc(B(c2ccccc2)C2CC2)cc1.c1ccc(C([SiH2]C2CCCCC2)(c2ccccc2)n2ccnc2)cc1. The van der Waals surface area contributed by atoms with Gasteiger partial charge < -0.3 is 4.57 Å². The lowest BCUT2D eigenvalue weighted by Gasteiger charge is -2.40. The highest BCUT2D eigenvalue weighted by molar-refractivity contribution is 6.86. The number of nitrogens with zero attached hydrogens (tertiary/aromatic N) is 2. The van der Waals surface area contributed by atoms with Crippen LogP contribution in [0.2, 0.25) is 11.4 Å². The van der Waals surface area contributed by atoms with E-state index in [-0.39, 0.29) is 5.16 Å². The number of imidazole rings is 1. The summed E-state index contributed by atoms with van der Waals surface area (Å²) in [5.41, 5.74) is 6.66. The highest BCUT2D eigenvalue weighted by Crippen LogP contribution is 2.40. The van der Waals surface area contributed by atoms with E-state index in [1.165, 1.54) is 67.0 Å². The zero-order valence-corrected chi connectivity index (χ0v) is 25.5. The number of hydrogen-bond donors (Lipinski definition) is 0. The van der Waals surface area contributed by atoms with Gasteiger partial charge in [-0.3, -0.25) is 0 Å². The van der Waals surface area contributed by atoms with Gasteiger partial charge in [0.2, 0.25) is 6.71 Å². The highest BCUT2D eigenvalue weighted by atomic mass is 28.2. The molecule has 0 aliphatic heterocycles. The lowest BCUT2D eigenvalue weighted by atomic mass is 9.37. The fourth-order valence-corrected chi connectivity index (χ4v) is 10.2. The molecule has 5 aromatic rings. The molecule has 0 amide bonds. The van der Waals surface area contributed by atoms with Gasteiger partial charge in [-0.05, 0) is 16.7 Å². The average molecular weight is 553 g/mol. The summed E-state index contributed by atoms with van der Waals surface area (Å²) in [5, 5.41) is -0.0406. The Labute approximate surface area is 248 Å². The predicted octanol–water partition coefficient (Wildman–Crippen LogP) is 7.01. The van der Waals surface area contributed by atoms with Crippen LogP contribution in [-0.4, -0.2) is 25.8 Å². The standard InChI is InChI=1S/C22H26N2Si.C15H15B/c1-4-10-19(11-5-1)22(24-17-16-23-18-24,20-12-6-2-7-13-20)25-21-14-8-3-9-15-21;1-3-7-13(8-4-1)16(15-11-12-15)14-9-5-2-6-10-14/h1-2,4-7,10-13,16-18,21H,3,8-9,14-15,25H2;1-10,15H,11-12H2. The van der Waals surface area contributed by atoms with Crippen molar-refractivity contribution in [3.63, 3.8) is 0 Å². The van der Waals surface area contributed by atoms with Gasteiger partial charge >= 0.3 is 0 Å². The Morgan fingerprint density at radius 1 is 0.610 bits per heavy atom. The molecule has 0 N–H and O–H groups in total. The first-order valence-electron chi connectivity index (χ1n) is 15.5. The topological polar surface area (TPSA) is 17.8 Å². The summed E-state index contributed by atoms with van der Waals surface area (Å²) in [6.07, 6.45) is 15.9. The Morgan fingerprint density at radius 2 is 1.10 bits per heavy atom. The Balaban J connectivity index is 0.000000162. The van der Waals surface area contributed by atoms with E-state index in [0.717, 1.165) is 11.4 Å². The van der Waals surface area contributed by atoms with E-state index in [1.54, 1.807) is 0 Å². The van der Waals surface area contributed by atoms with Crippen molar-refractivity contribution in [1.82, 2.24) is 9.55 Å². The summed E-state index contributed by atoms with van der Waals surface area (Å²) in [7, 11) is -0.470. The molecule has 4 heteroatoms. The maximum Gasteiger partial charge on any atom is 0.212 e. The van der Waals surface area contributed by atoms with Gasteiger partial charge in [0, 0.05) is 12.4 Å². The van der Waals surface area contributed by atoms with E-state index in [4.69, 9.17) is 0 Å². The molecule has 2 aliphatic rings. The lowest BCUT2D eigenvalue weighted by molar-refractivity contribution is 0.482. The maximum absolute atomic E-state index is 4.42. The van der Waals surface area contributed by atoms with Crippen molar-refractivity contribution in [2.45, 2.75) is 61.5 Å². The molecule has 4 aromatic carbocycles. The summed E-state index contributed by atoms with van der Waals surface area (Å²) < 4.78 is 2.39. The molecule has 0 bridgehead atoms. The fourth-order valence-electron chi connectivity index (χ4n) is 7.01. The van der Waals surface area contributed by atoms with Crippen LogP contribution in [0.4, 0.5) is 0 Å². The van der Waals surface area contributed by atoms with Crippen LogP contribution in [0.15, 0.2) is 140 Å². The highest BCUT2D eigenvalue weighted by Gasteiger charge is 2.39. The predicted molar refractivity (Wildman–Crippen MR) is 178 cm³/mol. The Morgan fingerprint density at radius 3 is 1.54 bits per heavy atom. The second-order valence-corrected chi connectivity index (χ2v) is 14.5. The van der Waals surface area contributed by atoms with Crippen molar-refractivity contribution < 1.29 is 0 Å². The summed E-state index contributed by atoms with van der Waals surface area (Å²) in [6.45, 7) is 0.613. The van der Waals surface area contributed by atoms with E-state index in [1.807, 2.05) is 12.5 Å². The van der Waals surface area contributed by atoms with E-state index in [0.29, 0.717) is 6.71 Å². The fraction of sp³-hybridized carbons (Fsp3) is 0.270. The molecule has 2 fully saturated rings. The average Bonchev–Trinajstić information content (AvgIpc) is 3.73. The normalized spacial score (nSPS) is 15.8. The van der Waals surface area contributed by atoms with Crippen molar-refractivity contribution in [2.24, 2.45) is 0 Å². The second kappa shape index (κ2) is 13.4. The van der Waals surface area contributed by atoms with Gasteiger partial charge in [-0.2, -0.15) is 0 Å². The number of hydrogen-bond acceptors (Lipinski definition) is 1. The van der Waals surface area contributed by atoms with E-state index < -0.39 is 9.52 Å². The van der Waals surface area contributed by atoms with E-state index in [9.17, 15) is 0 Å². The van der Waals surface area contributed by atoms with Gasteiger partial charge in [0.25, 0.3) is 0 Å². The van der Waals surface area contributed by atoms with Gasteiger partial charge in [0.05, 0.1) is 21.0 Å². The van der Waals surface area contributed by atoms with Gasteiger partial charge in [0.15, 0.2) is 0 Å². The Kier molecular flexibility index (Phi) is 8.97. The molecule has 41 heavy (non-hydrogen) atoms. The van der Waals surface area contributed by atoms with Crippen LogP contribution in [0.1, 0.15) is 56.1 Å². The molecule has 0 atom stereocenters. The Hall–Kier alpha value is -3.63. The van der Waals surface area contributed by atoms with Crippen LogP contribution in [0, 0.1) is 0 Å². The third-order valence-electron chi connectivity index (χ3n) is 9.17. The van der Waals surface area contributed by atoms with Gasteiger partial charge in [-0.1, -0.05) is 183 Å². The van der Waals surface area contributed by atoms with Gasteiger partial charge in [-0.25, -0.2) is 4.98 Å². The first kappa shape index (κ1) is 27.5. The molecule has 0 unspecified atom stereocenters. The van der Waals surface area contributed by atoms with Crippen LogP contribution in [0.5, 0.6) is 0 Å². The van der Waals surface area contributed by atoms with Gasteiger partial charge in [-0.15, -0.1) is 0 Å². The van der Waals surface area contributed by atoms with Crippen molar-refractivity contribution in [2.75, 3.05) is 0 Å². The molecule has 2 aliphatic carbocycles. The van der Waals surface area contributed by atoms with Crippen LogP contribution >= 0.6 is 0 Å². The zero-order valence-electron chi connectivity index (χ0n) is 24.1. The minimum absolute atomic E-state index is 0.0406. The zero-order chi connectivity index (χ0) is 27.7. The largest absolute Gasteiger partial charge is 0.327 e. The molecule has 1 heterocycles. The number of aromatic nitrogens is 2. The summed E-state index contributed by atoms with van der Waals surface area (Å²) in [5.74, 6) is 0.866. The molecule has 0 spiro atoms. The van der Waals surface area contributed by atoms with Crippen LogP contribution < -0.4 is 10.9 Å². The Bertz CT molecular complexity index is 1350. The van der Waals surface area contributed by atoms with Crippen molar-refractivity contribution in [3.8, 4) is 0 Å². The summed E-state index contributed by atoms with van der Waals surface area (Å²) >= 11 is 0. The van der Waals surface area contributed by atoms with E-state index >= 15 is 0 Å². The van der Waals surface area contributed by atoms with Crippen molar-refractivity contribution in [3.05, 3.63) is 151 Å². The first-order valence-corrected chi connectivity index (χ1v) is 17.1.